The first-order chi connectivity index (χ1) is 12.6. The summed E-state index contributed by atoms with van der Waals surface area (Å²) < 4.78 is 11.2. The standard InChI is InChI=1S/C19H18N4O3/c1-12-7-6-10-14(13(12)2)22-11-17-20-18(26-19(24)25-3)21-23(17)16-9-5-4-8-15(16)22/h4-10H,11H2,1-3H3. The highest BCUT2D eigenvalue weighted by Crippen LogP contribution is 2.38. The summed E-state index contributed by atoms with van der Waals surface area (Å²) in [6.45, 7) is 4.72. The molecule has 0 bridgehead atoms. The van der Waals surface area contributed by atoms with Crippen molar-refractivity contribution >= 4 is 17.5 Å². The maximum absolute atomic E-state index is 11.4. The van der Waals surface area contributed by atoms with Crippen LogP contribution in [0.2, 0.25) is 0 Å². The molecule has 0 atom stereocenters. The van der Waals surface area contributed by atoms with E-state index >= 15 is 0 Å². The second-order valence-electron chi connectivity index (χ2n) is 6.07. The van der Waals surface area contributed by atoms with Crippen LogP contribution in [0.5, 0.6) is 6.01 Å². The van der Waals surface area contributed by atoms with Crippen molar-refractivity contribution in [3.05, 3.63) is 59.4 Å². The predicted octanol–water partition coefficient (Wildman–Crippen LogP) is 3.68. The van der Waals surface area contributed by atoms with E-state index < -0.39 is 6.16 Å². The average molecular weight is 350 g/mol. The van der Waals surface area contributed by atoms with Crippen molar-refractivity contribution in [2.45, 2.75) is 20.4 Å². The minimum atomic E-state index is -0.840. The molecule has 4 rings (SSSR count). The Morgan fingerprint density at radius 1 is 1.04 bits per heavy atom. The molecule has 1 aromatic heterocycles. The molecule has 1 aliphatic heterocycles. The van der Waals surface area contributed by atoms with E-state index in [9.17, 15) is 4.79 Å². The van der Waals surface area contributed by atoms with Gasteiger partial charge in [-0.3, -0.25) is 0 Å². The summed E-state index contributed by atoms with van der Waals surface area (Å²) in [7, 11) is 1.25. The third-order valence-electron chi connectivity index (χ3n) is 4.56. The van der Waals surface area contributed by atoms with Gasteiger partial charge in [-0.25, -0.2) is 9.48 Å². The number of hydrogen-bond donors (Lipinski definition) is 0. The minimum Gasteiger partial charge on any atom is -0.437 e. The lowest BCUT2D eigenvalue weighted by molar-refractivity contribution is 0.118. The van der Waals surface area contributed by atoms with Crippen molar-refractivity contribution in [3.63, 3.8) is 0 Å². The monoisotopic (exact) mass is 350 g/mol. The number of carbonyl (C=O) groups is 1. The van der Waals surface area contributed by atoms with Crippen LogP contribution < -0.4 is 9.64 Å². The summed E-state index contributed by atoms with van der Waals surface area (Å²) in [6, 6.07) is 14.2. The van der Waals surface area contributed by atoms with Crippen LogP contribution >= 0.6 is 0 Å². The van der Waals surface area contributed by atoms with Gasteiger partial charge in [0.1, 0.15) is 0 Å². The summed E-state index contributed by atoms with van der Waals surface area (Å²) in [5.41, 5.74) is 5.44. The Morgan fingerprint density at radius 3 is 2.54 bits per heavy atom. The molecule has 0 aliphatic carbocycles. The molecule has 7 nitrogen and oxygen atoms in total. The Bertz CT molecular complexity index is 996. The number of carbonyl (C=O) groups excluding carboxylic acids is 1. The van der Waals surface area contributed by atoms with Gasteiger partial charge < -0.3 is 14.4 Å². The van der Waals surface area contributed by atoms with Gasteiger partial charge in [0.05, 0.1) is 25.0 Å². The van der Waals surface area contributed by atoms with Gasteiger partial charge in [0.25, 0.3) is 0 Å². The van der Waals surface area contributed by atoms with Crippen LogP contribution in [0, 0.1) is 13.8 Å². The topological polar surface area (TPSA) is 69.5 Å². The van der Waals surface area contributed by atoms with Gasteiger partial charge >= 0.3 is 12.2 Å². The van der Waals surface area contributed by atoms with Crippen LogP contribution in [-0.2, 0) is 11.3 Å². The number of aromatic nitrogens is 3. The zero-order chi connectivity index (χ0) is 18.3. The number of fused-ring (bicyclic) bond motifs is 3. The van der Waals surface area contributed by atoms with Crippen LogP contribution in [0.4, 0.5) is 16.2 Å². The van der Waals surface area contributed by atoms with Gasteiger partial charge in [-0.2, -0.15) is 4.98 Å². The van der Waals surface area contributed by atoms with E-state index in [2.05, 4.69) is 45.7 Å². The lowest BCUT2D eigenvalue weighted by Gasteiger charge is -2.32. The molecular weight excluding hydrogens is 332 g/mol. The molecule has 2 aromatic carbocycles. The molecule has 7 heteroatoms. The van der Waals surface area contributed by atoms with Crippen molar-refractivity contribution in [1.82, 2.24) is 14.8 Å². The van der Waals surface area contributed by atoms with Gasteiger partial charge in [-0.05, 0) is 43.2 Å². The fourth-order valence-corrected chi connectivity index (χ4v) is 3.12. The van der Waals surface area contributed by atoms with Crippen LogP contribution in [0.1, 0.15) is 17.0 Å². The molecule has 0 spiro atoms. The number of benzene rings is 2. The van der Waals surface area contributed by atoms with Crippen LogP contribution in [0.3, 0.4) is 0 Å². The quantitative estimate of drug-likeness (QED) is 0.657. The number of aryl methyl sites for hydroxylation is 1. The van der Waals surface area contributed by atoms with Crippen molar-refractivity contribution < 1.29 is 14.3 Å². The zero-order valence-electron chi connectivity index (χ0n) is 14.8. The van der Waals surface area contributed by atoms with Gasteiger partial charge in [-0.15, -0.1) is 5.10 Å². The largest absolute Gasteiger partial charge is 0.516 e. The smallest absolute Gasteiger partial charge is 0.437 e. The van der Waals surface area contributed by atoms with Crippen molar-refractivity contribution in [3.8, 4) is 11.7 Å². The molecule has 0 saturated heterocycles. The van der Waals surface area contributed by atoms with E-state index in [1.54, 1.807) is 4.68 Å². The number of ether oxygens (including phenoxy) is 2. The molecule has 1 aliphatic rings. The summed E-state index contributed by atoms with van der Waals surface area (Å²) in [4.78, 5) is 17.9. The third kappa shape index (κ3) is 2.57. The Kier molecular flexibility index (Phi) is 3.84. The number of rotatable bonds is 2. The number of nitrogens with zero attached hydrogens (tertiary/aromatic N) is 4. The average Bonchev–Trinajstić information content (AvgIpc) is 3.06. The molecule has 26 heavy (non-hydrogen) atoms. The van der Waals surface area contributed by atoms with E-state index in [0.717, 1.165) is 17.1 Å². The lowest BCUT2D eigenvalue weighted by Crippen LogP contribution is -2.26. The van der Waals surface area contributed by atoms with E-state index in [1.165, 1.54) is 18.2 Å². The molecule has 132 valence electrons. The summed E-state index contributed by atoms with van der Waals surface area (Å²) >= 11 is 0. The molecule has 0 unspecified atom stereocenters. The first kappa shape index (κ1) is 16.1. The highest BCUT2D eigenvalue weighted by Gasteiger charge is 2.27. The predicted molar refractivity (Wildman–Crippen MR) is 96.2 cm³/mol. The molecule has 0 fully saturated rings. The maximum Gasteiger partial charge on any atom is 0.516 e. The normalized spacial score (nSPS) is 12.3. The van der Waals surface area contributed by atoms with Crippen LogP contribution in [0.15, 0.2) is 42.5 Å². The van der Waals surface area contributed by atoms with Gasteiger partial charge in [0, 0.05) is 5.69 Å². The zero-order valence-corrected chi connectivity index (χ0v) is 14.8. The van der Waals surface area contributed by atoms with Gasteiger partial charge in [-0.1, -0.05) is 24.3 Å². The molecule has 0 N–H and O–H groups in total. The fraction of sp³-hybridized carbons (Fsp3) is 0.211. The molecule has 3 aromatic rings. The second kappa shape index (κ2) is 6.18. The lowest BCUT2D eigenvalue weighted by atomic mass is 10.1. The van der Waals surface area contributed by atoms with Gasteiger partial charge in [0.15, 0.2) is 5.82 Å². The molecule has 0 saturated carbocycles. The second-order valence-corrected chi connectivity index (χ2v) is 6.07. The Morgan fingerprint density at radius 2 is 1.77 bits per heavy atom. The highest BCUT2D eigenvalue weighted by molar-refractivity contribution is 5.75. The minimum absolute atomic E-state index is 0.0236. The highest BCUT2D eigenvalue weighted by atomic mass is 16.7. The van der Waals surface area contributed by atoms with E-state index in [1.807, 2.05) is 30.3 Å². The molecule has 2 heterocycles. The number of para-hydroxylation sites is 2. The Balaban J connectivity index is 1.82. The number of hydrogen-bond acceptors (Lipinski definition) is 6. The number of anilines is 2. The summed E-state index contributed by atoms with van der Waals surface area (Å²) in [5, 5.41) is 4.30. The van der Waals surface area contributed by atoms with Crippen molar-refractivity contribution in [1.29, 1.82) is 0 Å². The van der Waals surface area contributed by atoms with Crippen molar-refractivity contribution in [2.24, 2.45) is 0 Å². The van der Waals surface area contributed by atoms with Gasteiger partial charge in [0.2, 0.25) is 0 Å². The molecular formula is C19H18N4O3. The summed E-state index contributed by atoms with van der Waals surface area (Å²) in [5.74, 6) is 0.684. The summed E-state index contributed by atoms with van der Waals surface area (Å²) in [6.07, 6.45) is -0.840. The Labute approximate surface area is 150 Å². The van der Waals surface area contributed by atoms with Crippen molar-refractivity contribution in [2.75, 3.05) is 12.0 Å². The van der Waals surface area contributed by atoms with Crippen LogP contribution in [0.25, 0.3) is 5.69 Å². The number of methoxy groups -OCH3 is 1. The maximum atomic E-state index is 11.4. The Hall–Kier alpha value is -3.35. The van der Waals surface area contributed by atoms with E-state index in [-0.39, 0.29) is 6.01 Å². The molecule has 0 amide bonds. The SMILES string of the molecule is COC(=O)Oc1nc2n(n1)-c1ccccc1N(c1cccc(C)c1C)C2. The van der Waals surface area contributed by atoms with E-state index in [4.69, 9.17) is 4.74 Å². The molecule has 0 radical (unpaired) electrons. The van der Waals surface area contributed by atoms with Crippen LogP contribution in [-0.4, -0.2) is 28.0 Å². The first-order valence-corrected chi connectivity index (χ1v) is 8.23. The first-order valence-electron chi connectivity index (χ1n) is 8.23. The fourth-order valence-electron chi connectivity index (χ4n) is 3.12. The van der Waals surface area contributed by atoms with E-state index in [0.29, 0.717) is 12.4 Å². The third-order valence-corrected chi connectivity index (χ3v) is 4.56.